The summed E-state index contributed by atoms with van der Waals surface area (Å²) in [5.41, 5.74) is 8.64. The summed E-state index contributed by atoms with van der Waals surface area (Å²) in [5.74, 6) is 0.625. The second-order valence-electron chi connectivity index (χ2n) is 16.0. The fourth-order valence-electron chi connectivity index (χ4n) is 8.33. The molecule has 0 saturated heterocycles. The van der Waals surface area contributed by atoms with E-state index in [1.165, 1.54) is 11.1 Å². The van der Waals surface area contributed by atoms with Crippen molar-refractivity contribution in [1.82, 2.24) is 0 Å². The minimum atomic E-state index is -4.29. The van der Waals surface area contributed by atoms with Crippen molar-refractivity contribution in [2.75, 3.05) is 29.5 Å². The van der Waals surface area contributed by atoms with Crippen molar-refractivity contribution in [1.29, 1.82) is 0 Å². The van der Waals surface area contributed by atoms with Gasteiger partial charge >= 0.3 is 29.6 Å². The quantitative estimate of drug-likeness (QED) is 0.0415. The number of para-hydroxylation sites is 2. The second kappa shape index (κ2) is 19.5. The zero-order chi connectivity index (χ0) is 41.7. The minimum absolute atomic E-state index is 0. The summed E-state index contributed by atoms with van der Waals surface area (Å²) in [6, 6.07) is 23.9. The zero-order valence-corrected chi connectivity index (χ0v) is 38.9. The van der Waals surface area contributed by atoms with E-state index in [4.69, 9.17) is 17.0 Å². The molecule has 2 heterocycles. The molecule has 0 amide bonds. The molecule has 0 bridgehead atoms. The Labute approximate surface area is 377 Å². The Morgan fingerprint density at radius 3 is 2.14 bits per heavy atom. The molecule has 306 valence electrons. The van der Waals surface area contributed by atoms with Gasteiger partial charge in [0.2, 0.25) is 5.69 Å². The summed E-state index contributed by atoms with van der Waals surface area (Å²) < 4.78 is 77.2. The maximum Gasteiger partial charge on any atom is 1.00 e. The Balaban J connectivity index is 0.00000661. The van der Waals surface area contributed by atoms with Crippen LogP contribution >= 0.6 is 12.2 Å². The number of hydrogen-bond acceptors (Lipinski definition) is 10. The van der Waals surface area contributed by atoms with Crippen LogP contribution in [0.5, 0.6) is 5.75 Å². The van der Waals surface area contributed by atoms with E-state index in [0.29, 0.717) is 37.4 Å². The van der Waals surface area contributed by atoms with Crippen LogP contribution in [-0.4, -0.2) is 66.0 Å². The third-order valence-corrected chi connectivity index (χ3v) is 12.9. The van der Waals surface area contributed by atoms with Crippen molar-refractivity contribution in [3.63, 3.8) is 0 Å². The first-order valence-electron chi connectivity index (χ1n) is 19.7. The largest absolute Gasteiger partial charge is 1.00 e. The number of thiocarbonyl (C=S) groups is 1. The fourth-order valence-corrected chi connectivity index (χ4v) is 9.55. The SMILES string of the molecule is CC1(C)C(/C=C/C2=C(Oc3ccc(N=C=S)cc3)C(=C/C=C3/N(CCCCS(=O)(=O)[O-])c4ccccc4C3(C)C)/CCC2)=[N+](CCCCS(=O)(=O)[O-])c2ccccc21.[Na+]. The summed E-state index contributed by atoms with van der Waals surface area (Å²) >= 11 is 4.80. The van der Waals surface area contributed by atoms with Gasteiger partial charge in [0.1, 0.15) is 18.1 Å². The molecule has 0 unspecified atom stereocenters. The molecule has 0 fully saturated rings. The van der Waals surface area contributed by atoms with Gasteiger partial charge in [0.25, 0.3) is 0 Å². The first-order valence-corrected chi connectivity index (χ1v) is 23.2. The molecule has 0 spiro atoms. The first kappa shape index (κ1) is 46.6. The van der Waals surface area contributed by atoms with Crippen LogP contribution in [0.25, 0.3) is 0 Å². The van der Waals surface area contributed by atoms with Gasteiger partial charge in [-0.2, -0.15) is 9.57 Å². The molecule has 0 N–H and O–H groups in total. The normalized spacial score (nSPS) is 18.6. The van der Waals surface area contributed by atoms with Crippen LogP contribution in [0.1, 0.15) is 83.8 Å². The van der Waals surface area contributed by atoms with E-state index >= 15 is 0 Å². The van der Waals surface area contributed by atoms with E-state index in [1.807, 2.05) is 48.5 Å². The topological polar surface area (TPSA) is 142 Å². The predicted octanol–water partition coefficient (Wildman–Crippen LogP) is 6.13. The molecular weight excluding hydrogens is 814 g/mol. The predicted molar refractivity (Wildman–Crippen MR) is 232 cm³/mol. The van der Waals surface area contributed by atoms with Crippen molar-refractivity contribution >= 4 is 60.4 Å². The monoisotopic (exact) mass is 863 g/mol. The van der Waals surface area contributed by atoms with Crippen LogP contribution < -0.4 is 39.2 Å². The van der Waals surface area contributed by atoms with Gasteiger partial charge in [-0.15, -0.1) is 0 Å². The summed E-state index contributed by atoms with van der Waals surface area (Å²) in [7, 11) is -8.59. The molecule has 0 saturated carbocycles. The molecule has 0 aromatic heterocycles. The van der Waals surface area contributed by atoms with Crippen LogP contribution in [0, 0.1) is 0 Å². The van der Waals surface area contributed by atoms with Gasteiger partial charge in [0.15, 0.2) is 5.71 Å². The summed E-state index contributed by atoms with van der Waals surface area (Å²) in [6.45, 7) is 9.89. The van der Waals surface area contributed by atoms with E-state index < -0.39 is 20.2 Å². The number of fused-ring (bicyclic) bond motifs is 2. The molecule has 6 rings (SSSR count). The summed E-state index contributed by atoms with van der Waals surface area (Å²) in [4.78, 5) is 6.33. The van der Waals surface area contributed by atoms with Gasteiger partial charge in [-0.3, -0.25) is 0 Å². The molecule has 2 aliphatic heterocycles. The number of rotatable bonds is 16. The summed E-state index contributed by atoms with van der Waals surface area (Å²) in [6.07, 6.45) is 12.7. The average Bonchev–Trinajstić information content (AvgIpc) is 3.52. The number of hydrogen-bond donors (Lipinski definition) is 0. The maximum absolute atomic E-state index is 11.4. The van der Waals surface area contributed by atoms with Crippen molar-refractivity contribution in [3.05, 3.63) is 131 Å². The second-order valence-corrected chi connectivity index (χ2v) is 19.2. The number of aliphatic imine (C=N–C) groups is 1. The van der Waals surface area contributed by atoms with Crippen LogP contribution in [0.4, 0.5) is 17.1 Å². The number of anilines is 1. The third kappa shape index (κ3) is 11.3. The fraction of sp³-hybridized carbons (Fsp3) is 0.378. The Hall–Kier alpha value is -3.49. The molecule has 0 atom stereocenters. The number of benzene rings is 3. The number of unbranched alkanes of at least 4 members (excludes halogenated alkanes) is 2. The van der Waals surface area contributed by atoms with Crippen molar-refractivity contribution in [2.24, 2.45) is 4.99 Å². The number of allylic oxidation sites excluding steroid dienone is 7. The van der Waals surface area contributed by atoms with Crippen LogP contribution in [0.15, 0.2) is 125 Å². The first-order chi connectivity index (χ1) is 27.5. The Morgan fingerprint density at radius 1 is 0.814 bits per heavy atom. The van der Waals surface area contributed by atoms with E-state index in [0.717, 1.165) is 59.0 Å². The van der Waals surface area contributed by atoms with Crippen LogP contribution in [0.2, 0.25) is 0 Å². The number of isothiocyanates is 1. The Bertz CT molecular complexity index is 2480. The van der Waals surface area contributed by atoms with Gasteiger partial charge in [-0.25, -0.2) is 16.8 Å². The summed E-state index contributed by atoms with van der Waals surface area (Å²) in [5, 5.41) is 2.41. The van der Waals surface area contributed by atoms with Gasteiger partial charge < -0.3 is 18.7 Å². The smallest absolute Gasteiger partial charge is 0.748 e. The molecular formula is C45H50N3NaO7S3. The molecule has 0 radical (unpaired) electrons. The van der Waals surface area contributed by atoms with Gasteiger partial charge in [0, 0.05) is 59.0 Å². The van der Waals surface area contributed by atoms with Gasteiger partial charge in [-0.1, -0.05) is 56.3 Å². The standard InChI is InChI=1S/C45H51N3O7S3.Na/c1-44(2)37-16-5-7-18-39(37)47(28-9-11-30-57(49,50)51)41(44)26-20-33-14-13-15-34(43(33)55-36-24-22-35(23-25-36)46-32-56)21-27-42-45(3,4)38-17-6-8-19-40(38)48(42)29-10-12-31-58(52,53)54;/h5-8,16-27H,9-15,28-31H2,1-4H3,(H-,49,50,51,52,53,54);/q;+1/p-1. The van der Waals surface area contributed by atoms with Crippen molar-refractivity contribution < 1.29 is 64.8 Å². The zero-order valence-electron chi connectivity index (χ0n) is 34.4. The Morgan fingerprint density at radius 2 is 1.46 bits per heavy atom. The van der Waals surface area contributed by atoms with Crippen LogP contribution in [0.3, 0.4) is 0 Å². The molecule has 59 heavy (non-hydrogen) atoms. The van der Waals surface area contributed by atoms with E-state index in [9.17, 15) is 25.9 Å². The molecule has 3 aromatic rings. The number of nitrogens with zero attached hydrogens (tertiary/aromatic N) is 3. The molecule has 3 aliphatic rings. The average molecular weight is 864 g/mol. The molecule has 14 heteroatoms. The van der Waals surface area contributed by atoms with Crippen LogP contribution in [-0.2, 0) is 31.1 Å². The minimum Gasteiger partial charge on any atom is -0.748 e. The maximum atomic E-state index is 11.4. The van der Waals surface area contributed by atoms with E-state index in [-0.39, 0.29) is 64.7 Å². The third-order valence-electron chi connectivity index (χ3n) is 11.2. The van der Waals surface area contributed by atoms with Gasteiger partial charge in [-0.05, 0) is 124 Å². The Kier molecular flexibility index (Phi) is 15.4. The molecule has 3 aromatic carbocycles. The number of ether oxygens (including phenoxy) is 1. The van der Waals surface area contributed by atoms with Crippen molar-refractivity contribution in [2.45, 2.75) is 83.5 Å². The van der Waals surface area contributed by atoms with Crippen molar-refractivity contribution in [3.8, 4) is 5.75 Å². The van der Waals surface area contributed by atoms with E-state index in [2.05, 4.69) is 95.9 Å². The van der Waals surface area contributed by atoms with E-state index in [1.54, 1.807) is 0 Å². The molecule has 10 nitrogen and oxygen atoms in total. The molecule has 1 aliphatic carbocycles. The van der Waals surface area contributed by atoms with Gasteiger partial charge in [0.05, 0.1) is 36.5 Å².